The van der Waals surface area contributed by atoms with E-state index in [0.717, 1.165) is 11.1 Å². The number of carbonyl (C=O) groups excluding carboxylic acids is 1. The quantitative estimate of drug-likeness (QED) is 0.0843. The fraction of sp³-hybridized carbons (Fsp3) is 0.129. The van der Waals surface area contributed by atoms with Gasteiger partial charge >= 0.3 is 5.97 Å². The second-order valence-corrected chi connectivity index (χ2v) is 10.2. The number of benzene rings is 4. The van der Waals surface area contributed by atoms with E-state index in [9.17, 15) is 4.79 Å². The number of carbonyl (C=O) groups is 1. The van der Waals surface area contributed by atoms with E-state index in [0.29, 0.717) is 11.3 Å². The Morgan fingerprint density at radius 1 is 0.667 bits per heavy atom. The highest BCUT2D eigenvalue weighted by atomic mass is 32.2. The molecule has 4 aromatic carbocycles. The molecule has 5 heteroatoms. The smallest absolute Gasteiger partial charge is 0.338 e. The van der Waals surface area contributed by atoms with E-state index in [2.05, 4.69) is 67.2 Å². The maximum absolute atomic E-state index is 11.8. The molecule has 0 heterocycles. The summed E-state index contributed by atoms with van der Waals surface area (Å²) >= 11 is 0. The summed E-state index contributed by atoms with van der Waals surface area (Å²) < 4.78 is 17.2. The number of hydrogen-bond donors (Lipinski definition) is 0. The summed E-state index contributed by atoms with van der Waals surface area (Å²) in [6.45, 7) is 5.23. The Labute approximate surface area is 215 Å². The van der Waals surface area contributed by atoms with E-state index in [1.807, 2.05) is 36.4 Å². The second-order valence-electron chi connectivity index (χ2n) is 8.18. The second kappa shape index (κ2) is 11.4. The van der Waals surface area contributed by atoms with Gasteiger partial charge in [-0.15, -0.1) is 0 Å². The molecule has 0 unspecified atom stereocenters. The number of methoxy groups -OCH3 is 2. The molecule has 0 aliphatic heterocycles. The van der Waals surface area contributed by atoms with Crippen molar-refractivity contribution in [2.45, 2.75) is 27.4 Å². The minimum absolute atomic E-state index is 0.248. The van der Waals surface area contributed by atoms with Gasteiger partial charge in [-0.25, -0.2) is 4.79 Å². The number of esters is 1. The minimum Gasteiger partial charge on any atom is -0.423 e. The summed E-state index contributed by atoms with van der Waals surface area (Å²) in [4.78, 5) is 15.5. The van der Waals surface area contributed by atoms with Crippen LogP contribution in [-0.4, -0.2) is 20.2 Å². The first-order valence-corrected chi connectivity index (χ1v) is 12.7. The molecular formula is C31H29O4S+. The lowest BCUT2D eigenvalue weighted by Crippen LogP contribution is -2.32. The zero-order chi connectivity index (χ0) is 25.5. The summed E-state index contributed by atoms with van der Waals surface area (Å²) in [6.07, 6.45) is 0. The van der Waals surface area contributed by atoms with Crippen LogP contribution in [0, 0.1) is 0 Å². The van der Waals surface area contributed by atoms with Crippen molar-refractivity contribution in [2.24, 2.45) is 0 Å². The van der Waals surface area contributed by atoms with Crippen LogP contribution >= 0.6 is 0 Å². The van der Waals surface area contributed by atoms with E-state index in [1.54, 1.807) is 33.3 Å². The van der Waals surface area contributed by atoms with Crippen LogP contribution in [0.2, 0.25) is 0 Å². The first-order chi connectivity index (χ1) is 17.5. The van der Waals surface area contributed by atoms with Crippen LogP contribution in [0.4, 0.5) is 0 Å². The van der Waals surface area contributed by atoms with Gasteiger partial charge in [-0.2, -0.15) is 0 Å². The summed E-state index contributed by atoms with van der Waals surface area (Å²) in [7, 11) is 2.98. The van der Waals surface area contributed by atoms with Crippen molar-refractivity contribution in [1.82, 2.24) is 0 Å². The van der Waals surface area contributed by atoms with Gasteiger partial charge in [0.25, 0.3) is 0 Å². The molecule has 0 spiro atoms. The molecule has 0 atom stereocenters. The summed E-state index contributed by atoms with van der Waals surface area (Å²) in [5.74, 6) is -1.15. The van der Waals surface area contributed by atoms with Gasteiger partial charge in [-0.3, -0.25) is 0 Å². The average molecular weight is 498 g/mol. The van der Waals surface area contributed by atoms with E-state index in [1.165, 1.54) is 14.7 Å². The Morgan fingerprint density at radius 3 is 1.50 bits per heavy atom. The van der Waals surface area contributed by atoms with Crippen molar-refractivity contribution < 1.29 is 19.0 Å². The van der Waals surface area contributed by atoms with E-state index in [4.69, 9.17) is 14.2 Å². The van der Waals surface area contributed by atoms with Crippen molar-refractivity contribution in [3.05, 3.63) is 132 Å². The fourth-order valence-electron chi connectivity index (χ4n) is 3.99. The van der Waals surface area contributed by atoms with Gasteiger partial charge in [0, 0.05) is 30.9 Å². The molecule has 0 aliphatic rings. The first kappa shape index (κ1) is 25.5. The van der Waals surface area contributed by atoms with Crippen molar-refractivity contribution in [1.29, 1.82) is 0 Å². The van der Waals surface area contributed by atoms with Crippen LogP contribution in [-0.2, 0) is 31.0 Å². The molecule has 0 N–H and O–H groups in total. The molecule has 4 aromatic rings. The molecule has 0 saturated carbocycles. The monoisotopic (exact) mass is 497 g/mol. The largest absolute Gasteiger partial charge is 0.423 e. The zero-order valence-electron chi connectivity index (χ0n) is 20.6. The summed E-state index contributed by atoms with van der Waals surface area (Å²) in [5.41, 5.74) is 1.97. The van der Waals surface area contributed by atoms with Crippen LogP contribution in [0.5, 0.6) is 5.75 Å². The molecule has 36 heavy (non-hydrogen) atoms. The van der Waals surface area contributed by atoms with Crippen LogP contribution in [0.25, 0.3) is 0 Å². The molecule has 0 bridgehead atoms. The third-order valence-corrected chi connectivity index (χ3v) is 8.03. The van der Waals surface area contributed by atoms with Gasteiger partial charge in [0.2, 0.25) is 5.79 Å². The maximum atomic E-state index is 11.8. The third-order valence-electron chi connectivity index (χ3n) is 5.80. The lowest BCUT2D eigenvalue weighted by atomic mass is 9.97. The predicted molar refractivity (Wildman–Crippen MR) is 143 cm³/mol. The Morgan fingerprint density at radius 2 is 1.08 bits per heavy atom. The highest BCUT2D eigenvalue weighted by Gasteiger charge is 2.36. The zero-order valence-corrected chi connectivity index (χ0v) is 21.5. The van der Waals surface area contributed by atoms with Gasteiger partial charge < -0.3 is 14.2 Å². The summed E-state index contributed by atoms with van der Waals surface area (Å²) in [5, 5.41) is 0. The summed E-state index contributed by atoms with van der Waals surface area (Å²) in [6, 6.07) is 36.5. The SMILES string of the molecule is C=C(C)C(=O)Oc1ccc(C(OC)(OC)c2ccc([S+](c3ccccc3)c3ccccc3)cc2)cc1. The minimum atomic E-state index is -1.12. The molecule has 4 rings (SSSR count). The molecule has 0 aliphatic carbocycles. The van der Waals surface area contributed by atoms with Crippen LogP contribution in [0.15, 0.2) is 136 Å². The van der Waals surface area contributed by atoms with Crippen LogP contribution in [0.3, 0.4) is 0 Å². The highest BCUT2D eigenvalue weighted by molar-refractivity contribution is 7.97. The van der Waals surface area contributed by atoms with Gasteiger partial charge in [0.1, 0.15) is 5.75 Å². The van der Waals surface area contributed by atoms with Gasteiger partial charge in [-0.05, 0) is 79.7 Å². The molecule has 0 fully saturated rings. The van der Waals surface area contributed by atoms with Gasteiger partial charge in [0.05, 0.1) is 10.9 Å². The van der Waals surface area contributed by atoms with Crippen LogP contribution < -0.4 is 4.74 Å². The first-order valence-electron chi connectivity index (χ1n) is 11.5. The van der Waals surface area contributed by atoms with Crippen molar-refractivity contribution in [3.8, 4) is 5.75 Å². The number of ether oxygens (including phenoxy) is 3. The van der Waals surface area contributed by atoms with E-state index < -0.39 is 11.8 Å². The average Bonchev–Trinajstić information content (AvgIpc) is 2.92. The third kappa shape index (κ3) is 5.29. The standard InChI is InChI=1S/C31H29O4S/c1-23(2)30(32)35-26-19-15-24(16-20-26)31(33-3,34-4)25-17-21-29(22-18-25)36(27-11-7-5-8-12-27)28-13-9-6-10-14-28/h5-22H,1H2,2-4H3/q+1. The van der Waals surface area contributed by atoms with Gasteiger partial charge in [0.15, 0.2) is 14.7 Å². The van der Waals surface area contributed by atoms with Crippen molar-refractivity contribution >= 4 is 16.9 Å². The molecule has 4 nitrogen and oxygen atoms in total. The molecule has 0 aromatic heterocycles. The molecular weight excluding hydrogens is 468 g/mol. The van der Waals surface area contributed by atoms with E-state index in [-0.39, 0.29) is 10.9 Å². The molecule has 182 valence electrons. The number of rotatable bonds is 9. The van der Waals surface area contributed by atoms with E-state index >= 15 is 0 Å². The van der Waals surface area contributed by atoms with Crippen LogP contribution in [0.1, 0.15) is 18.1 Å². The Balaban J connectivity index is 1.68. The molecule has 0 saturated heterocycles. The lowest BCUT2D eigenvalue weighted by Gasteiger charge is -2.32. The van der Waals surface area contributed by atoms with Crippen molar-refractivity contribution in [2.75, 3.05) is 14.2 Å². The Hall–Kier alpha value is -3.64. The predicted octanol–water partition coefficient (Wildman–Crippen LogP) is 6.76. The van der Waals surface area contributed by atoms with Crippen molar-refractivity contribution in [3.63, 3.8) is 0 Å². The number of hydrogen-bond acceptors (Lipinski definition) is 4. The van der Waals surface area contributed by atoms with Gasteiger partial charge in [-0.1, -0.05) is 43.0 Å². The lowest BCUT2D eigenvalue weighted by molar-refractivity contribution is -0.183. The molecule has 0 radical (unpaired) electrons. The maximum Gasteiger partial charge on any atom is 0.338 e. The topological polar surface area (TPSA) is 44.8 Å². The fourth-order valence-corrected chi connectivity index (χ4v) is 6.07. The Bertz CT molecular complexity index is 1260. The highest BCUT2D eigenvalue weighted by Crippen LogP contribution is 2.37. The normalized spacial score (nSPS) is 11.3. The molecule has 0 amide bonds. The Kier molecular flexibility index (Phi) is 8.06.